The summed E-state index contributed by atoms with van der Waals surface area (Å²) < 4.78 is 5.53. The predicted octanol–water partition coefficient (Wildman–Crippen LogP) is 1.14. The van der Waals surface area contributed by atoms with Crippen molar-refractivity contribution in [3.05, 3.63) is 56.2 Å². The molecule has 3 rings (SSSR count). The first-order chi connectivity index (χ1) is 9.08. The second-order valence-corrected chi connectivity index (χ2v) is 4.41. The second-order valence-electron chi connectivity index (χ2n) is 4.41. The van der Waals surface area contributed by atoms with Gasteiger partial charge in [0.05, 0.1) is 0 Å². The lowest BCUT2D eigenvalue weighted by molar-refractivity contribution is 0.461. The third-order valence-electron chi connectivity index (χ3n) is 3.10. The molecule has 1 aromatic carbocycles. The Kier molecular flexibility index (Phi) is 2.41. The van der Waals surface area contributed by atoms with Gasteiger partial charge in [0.25, 0.3) is 5.43 Å². The molecule has 2 aromatic rings. The largest absolute Gasteiger partial charge is 0.503 e. The molecule has 1 aliphatic rings. The van der Waals surface area contributed by atoms with Gasteiger partial charge in [0.2, 0.25) is 5.43 Å². The minimum atomic E-state index is -0.857. The first-order valence-corrected chi connectivity index (χ1v) is 5.83. The summed E-state index contributed by atoms with van der Waals surface area (Å²) in [5.74, 6) is 0.308. The van der Waals surface area contributed by atoms with Gasteiger partial charge in [0.15, 0.2) is 5.75 Å². The number of nitrogens with one attached hydrogen (secondary N) is 1. The Bertz CT molecular complexity index is 785. The van der Waals surface area contributed by atoms with E-state index in [2.05, 4.69) is 5.32 Å². The number of rotatable bonds is 2. The zero-order valence-corrected chi connectivity index (χ0v) is 10.2. The molecule has 1 aromatic heterocycles. The highest BCUT2D eigenvalue weighted by atomic mass is 16.3. The van der Waals surface area contributed by atoms with Gasteiger partial charge in [-0.1, -0.05) is 6.08 Å². The average Bonchev–Trinajstić information content (AvgIpc) is 2.88. The van der Waals surface area contributed by atoms with E-state index in [1.165, 1.54) is 0 Å². The minimum Gasteiger partial charge on any atom is -0.503 e. The monoisotopic (exact) mass is 257 g/mol. The molecule has 0 bridgehead atoms. The van der Waals surface area contributed by atoms with Gasteiger partial charge in [-0.15, -0.1) is 0 Å². The zero-order chi connectivity index (χ0) is 13.6. The van der Waals surface area contributed by atoms with Crippen molar-refractivity contribution in [2.45, 2.75) is 6.92 Å². The molecule has 0 spiro atoms. The standard InChI is InChI=1S/C14H11NO4/c1-7-6-8(4-5-15-7)9-2-3-10(19-9)11-12(16)14(18)13(11)17/h2-4,6,15-16H,5H2,1H3. The average molecular weight is 257 g/mol. The summed E-state index contributed by atoms with van der Waals surface area (Å²) in [6.45, 7) is 2.65. The summed E-state index contributed by atoms with van der Waals surface area (Å²) in [4.78, 5) is 22.3. The maximum Gasteiger partial charge on any atom is 0.268 e. The fourth-order valence-electron chi connectivity index (χ4n) is 2.07. The molecule has 96 valence electrons. The third-order valence-corrected chi connectivity index (χ3v) is 3.10. The van der Waals surface area contributed by atoms with Crippen LogP contribution in [0.25, 0.3) is 16.9 Å². The van der Waals surface area contributed by atoms with Crippen LogP contribution in [0.5, 0.6) is 5.75 Å². The Morgan fingerprint density at radius 3 is 2.63 bits per heavy atom. The highest BCUT2D eigenvalue weighted by Crippen LogP contribution is 2.30. The topological polar surface area (TPSA) is 79.5 Å². The smallest absolute Gasteiger partial charge is 0.268 e. The van der Waals surface area contributed by atoms with Gasteiger partial charge in [-0.05, 0) is 25.1 Å². The number of aromatic hydroxyl groups is 1. The molecule has 0 atom stereocenters. The molecule has 5 heteroatoms. The Labute approximate surface area is 108 Å². The third kappa shape index (κ3) is 1.71. The Morgan fingerprint density at radius 2 is 1.95 bits per heavy atom. The van der Waals surface area contributed by atoms with E-state index in [1.807, 2.05) is 19.1 Å². The lowest BCUT2D eigenvalue weighted by Gasteiger charge is -2.11. The normalized spacial score (nSPS) is 15.0. The Morgan fingerprint density at radius 1 is 1.21 bits per heavy atom. The maximum atomic E-state index is 11.3. The van der Waals surface area contributed by atoms with Crippen LogP contribution in [0, 0.1) is 0 Å². The van der Waals surface area contributed by atoms with Crippen LogP contribution in [0.3, 0.4) is 0 Å². The Hall–Kier alpha value is -2.56. The summed E-state index contributed by atoms with van der Waals surface area (Å²) in [6, 6.07) is 3.30. The van der Waals surface area contributed by atoms with Crippen molar-refractivity contribution in [2.75, 3.05) is 6.54 Å². The second kappa shape index (κ2) is 3.98. The fourth-order valence-corrected chi connectivity index (χ4v) is 2.07. The van der Waals surface area contributed by atoms with Crippen molar-refractivity contribution in [3.63, 3.8) is 0 Å². The molecule has 0 saturated heterocycles. The fraction of sp³-hybridized carbons (Fsp3) is 0.143. The van der Waals surface area contributed by atoms with Gasteiger partial charge in [-0.2, -0.15) is 0 Å². The summed E-state index contributed by atoms with van der Waals surface area (Å²) >= 11 is 0. The summed E-state index contributed by atoms with van der Waals surface area (Å²) in [5, 5.41) is 12.5. The molecule has 19 heavy (non-hydrogen) atoms. The summed E-state index contributed by atoms with van der Waals surface area (Å²) in [5.41, 5.74) is 0.328. The van der Waals surface area contributed by atoms with Gasteiger partial charge in [-0.25, -0.2) is 0 Å². The zero-order valence-electron chi connectivity index (χ0n) is 10.2. The van der Waals surface area contributed by atoms with E-state index in [4.69, 9.17) is 4.42 Å². The van der Waals surface area contributed by atoms with E-state index >= 15 is 0 Å². The van der Waals surface area contributed by atoms with E-state index in [9.17, 15) is 14.7 Å². The van der Waals surface area contributed by atoms with Gasteiger partial charge < -0.3 is 14.8 Å². The number of furan rings is 1. The maximum absolute atomic E-state index is 11.3. The van der Waals surface area contributed by atoms with Crippen molar-refractivity contribution in [1.82, 2.24) is 5.32 Å². The first kappa shape index (κ1) is 11.5. The number of hydrogen-bond acceptors (Lipinski definition) is 5. The number of allylic oxidation sites excluding steroid dienone is 3. The van der Waals surface area contributed by atoms with E-state index in [1.54, 1.807) is 12.1 Å². The van der Waals surface area contributed by atoms with Crippen molar-refractivity contribution in [2.24, 2.45) is 0 Å². The van der Waals surface area contributed by atoms with Crippen LogP contribution in [0.15, 0.2) is 44.0 Å². The predicted molar refractivity (Wildman–Crippen MR) is 70.5 cm³/mol. The summed E-state index contributed by atoms with van der Waals surface area (Å²) in [7, 11) is 0. The molecule has 0 aliphatic carbocycles. The highest BCUT2D eigenvalue weighted by Gasteiger charge is 2.24. The first-order valence-electron chi connectivity index (χ1n) is 5.83. The lowest BCUT2D eigenvalue weighted by Crippen LogP contribution is -2.31. The van der Waals surface area contributed by atoms with Crippen LogP contribution >= 0.6 is 0 Å². The van der Waals surface area contributed by atoms with Crippen LogP contribution in [0.2, 0.25) is 0 Å². The van der Waals surface area contributed by atoms with E-state index in [0.29, 0.717) is 12.3 Å². The highest BCUT2D eigenvalue weighted by molar-refractivity contribution is 5.76. The molecule has 0 radical (unpaired) electrons. The molecule has 0 amide bonds. The van der Waals surface area contributed by atoms with Crippen LogP contribution in [-0.2, 0) is 0 Å². The lowest BCUT2D eigenvalue weighted by atomic mass is 10.1. The quantitative estimate of drug-likeness (QED) is 0.789. The van der Waals surface area contributed by atoms with Crippen LogP contribution in [0.1, 0.15) is 12.7 Å². The molecule has 0 fully saturated rings. The van der Waals surface area contributed by atoms with Crippen LogP contribution in [-0.4, -0.2) is 11.7 Å². The van der Waals surface area contributed by atoms with Gasteiger partial charge in [-0.3, -0.25) is 9.59 Å². The van der Waals surface area contributed by atoms with Crippen LogP contribution in [0.4, 0.5) is 0 Å². The molecular weight excluding hydrogens is 246 g/mol. The molecule has 2 heterocycles. The van der Waals surface area contributed by atoms with E-state index < -0.39 is 16.6 Å². The molecule has 0 unspecified atom stereocenters. The van der Waals surface area contributed by atoms with Crippen LogP contribution < -0.4 is 16.2 Å². The van der Waals surface area contributed by atoms with Gasteiger partial charge in [0, 0.05) is 17.8 Å². The summed E-state index contributed by atoms with van der Waals surface area (Å²) in [6.07, 6.45) is 3.88. The molecule has 1 aliphatic heterocycles. The molecule has 2 N–H and O–H groups in total. The van der Waals surface area contributed by atoms with Gasteiger partial charge >= 0.3 is 0 Å². The van der Waals surface area contributed by atoms with Crippen molar-refractivity contribution < 1.29 is 9.52 Å². The molecular formula is C14H11NO4. The molecule has 5 nitrogen and oxygen atoms in total. The van der Waals surface area contributed by atoms with E-state index in [-0.39, 0.29) is 11.3 Å². The van der Waals surface area contributed by atoms with Crippen molar-refractivity contribution in [3.8, 4) is 17.1 Å². The van der Waals surface area contributed by atoms with E-state index in [0.717, 1.165) is 11.3 Å². The Balaban J connectivity index is 2.00. The van der Waals surface area contributed by atoms with Gasteiger partial charge in [0.1, 0.15) is 17.1 Å². The SMILES string of the molecule is CC1=CC(c2ccc(-c3c(O)c(=O)c3=O)o2)=CCN1. The number of dihydropyridines is 1. The minimum absolute atomic E-state index is 0.0357. The van der Waals surface area contributed by atoms with Crippen molar-refractivity contribution in [1.29, 1.82) is 0 Å². The molecule has 0 saturated carbocycles. The van der Waals surface area contributed by atoms with Crippen molar-refractivity contribution >= 4 is 5.57 Å². The number of hydrogen-bond donors (Lipinski definition) is 2.